The minimum atomic E-state index is -0.288. The van der Waals surface area contributed by atoms with Gasteiger partial charge in [0.2, 0.25) is 5.91 Å². The zero-order valence-electron chi connectivity index (χ0n) is 17.3. The van der Waals surface area contributed by atoms with Crippen molar-refractivity contribution in [1.82, 2.24) is 25.2 Å². The van der Waals surface area contributed by atoms with E-state index in [-0.39, 0.29) is 23.6 Å². The molecule has 160 valence electrons. The van der Waals surface area contributed by atoms with E-state index >= 15 is 0 Å². The Balaban J connectivity index is 1.57. The van der Waals surface area contributed by atoms with Crippen LogP contribution in [0, 0.1) is 0 Å². The van der Waals surface area contributed by atoms with Crippen LogP contribution in [0.3, 0.4) is 0 Å². The Hall–Kier alpha value is -3.20. The summed E-state index contributed by atoms with van der Waals surface area (Å²) in [5.74, 6) is 0.439. The normalized spacial score (nSPS) is 16.6. The molecule has 2 heterocycles. The number of nitrogens with one attached hydrogen (secondary N) is 1. The zero-order valence-corrected chi connectivity index (χ0v) is 17.3. The van der Waals surface area contributed by atoms with E-state index in [0.717, 1.165) is 24.2 Å². The number of carbonyl (C=O) groups excluding carboxylic acids is 2. The Morgan fingerprint density at radius 1 is 1.27 bits per heavy atom. The fraction of sp³-hybridized carbons (Fsp3) is 0.429. The second-order valence-electron chi connectivity index (χ2n) is 7.02. The maximum Gasteiger partial charge on any atom is 0.273 e. The predicted octanol–water partition coefficient (Wildman–Crippen LogP) is 1.54. The fourth-order valence-corrected chi connectivity index (χ4v) is 3.28. The third kappa shape index (κ3) is 5.66. The van der Waals surface area contributed by atoms with Crippen LogP contribution >= 0.6 is 0 Å². The number of hydrogen-bond donors (Lipinski definition) is 1. The zero-order chi connectivity index (χ0) is 21.3. The lowest BCUT2D eigenvalue weighted by Gasteiger charge is -2.31. The largest absolute Gasteiger partial charge is 0.497 e. The summed E-state index contributed by atoms with van der Waals surface area (Å²) in [6.45, 7) is 2.07. The summed E-state index contributed by atoms with van der Waals surface area (Å²) in [4.78, 5) is 26.5. The van der Waals surface area contributed by atoms with Crippen molar-refractivity contribution in [2.45, 2.75) is 18.9 Å². The highest BCUT2D eigenvalue weighted by Gasteiger charge is 2.25. The first-order valence-corrected chi connectivity index (χ1v) is 9.90. The molecule has 30 heavy (non-hydrogen) atoms. The minimum absolute atomic E-state index is 0.00916. The van der Waals surface area contributed by atoms with Gasteiger partial charge in [0, 0.05) is 32.8 Å². The molecule has 0 spiro atoms. The van der Waals surface area contributed by atoms with Gasteiger partial charge in [-0.05, 0) is 36.6 Å². The van der Waals surface area contributed by atoms with E-state index in [1.165, 1.54) is 0 Å². The van der Waals surface area contributed by atoms with Gasteiger partial charge in [-0.1, -0.05) is 17.3 Å². The molecule has 3 rings (SSSR count). The maximum absolute atomic E-state index is 12.6. The summed E-state index contributed by atoms with van der Waals surface area (Å²) in [5.41, 5.74) is 1.19. The van der Waals surface area contributed by atoms with Crippen molar-refractivity contribution in [3.8, 4) is 5.75 Å². The summed E-state index contributed by atoms with van der Waals surface area (Å²) in [6.07, 6.45) is 6.75. The average molecular weight is 413 g/mol. The van der Waals surface area contributed by atoms with Crippen LogP contribution in [0.4, 0.5) is 0 Å². The van der Waals surface area contributed by atoms with Gasteiger partial charge in [0.1, 0.15) is 5.75 Å². The van der Waals surface area contributed by atoms with Gasteiger partial charge in [-0.15, -0.1) is 5.10 Å². The fourth-order valence-electron chi connectivity index (χ4n) is 3.28. The number of amides is 2. The number of methoxy groups -OCH3 is 2. The van der Waals surface area contributed by atoms with Crippen molar-refractivity contribution in [1.29, 1.82) is 0 Å². The molecule has 0 aliphatic carbocycles. The third-order valence-electron chi connectivity index (χ3n) is 4.95. The molecular weight excluding hydrogens is 386 g/mol. The van der Waals surface area contributed by atoms with E-state index in [0.29, 0.717) is 26.2 Å². The number of piperidine rings is 1. The number of benzene rings is 1. The van der Waals surface area contributed by atoms with Crippen LogP contribution in [-0.4, -0.2) is 72.2 Å². The van der Waals surface area contributed by atoms with Crippen molar-refractivity contribution in [3.63, 3.8) is 0 Å². The number of ether oxygens (including phenoxy) is 2. The molecule has 2 aromatic rings. The summed E-state index contributed by atoms with van der Waals surface area (Å²) < 4.78 is 11.7. The van der Waals surface area contributed by atoms with E-state index in [2.05, 4.69) is 15.6 Å². The summed E-state index contributed by atoms with van der Waals surface area (Å²) in [6, 6.07) is 7.50. The van der Waals surface area contributed by atoms with Crippen LogP contribution in [0.15, 0.2) is 36.5 Å². The first-order chi connectivity index (χ1) is 14.6. The van der Waals surface area contributed by atoms with Crippen LogP contribution in [-0.2, 0) is 9.53 Å². The topological polar surface area (TPSA) is 98.6 Å². The van der Waals surface area contributed by atoms with Gasteiger partial charge in [0.15, 0.2) is 5.69 Å². The first-order valence-electron chi connectivity index (χ1n) is 9.90. The first kappa shape index (κ1) is 21.5. The molecule has 1 aliphatic rings. The lowest BCUT2D eigenvalue weighted by atomic mass is 10.1. The second kappa shape index (κ2) is 10.5. The summed E-state index contributed by atoms with van der Waals surface area (Å²) in [5, 5.41) is 10.8. The molecule has 9 heteroatoms. The smallest absolute Gasteiger partial charge is 0.273 e. The van der Waals surface area contributed by atoms with Crippen molar-refractivity contribution in [2.24, 2.45) is 0 Å². The molecule has 0 bridgehead atoms. The Morgan fingerprint density at radius 3 is 2.80 bits per heavy atom. The molecule has 1 N–H and O–H groups in total. The number of nitrogens with zero attached hydrogens (tertiary/aromatic N) is 4. The number of aromatic nitrogens is 3. The van der Waals surface area contributed by atoms with Crippen LogP contribution in [0.5, 0.6) is 5.75 Å². The van der Waals surface area contributed by atoms with Crippen LogP contribution in [0.1, 0.15) is 34.9 Å². The third-order valence-corrected chi connectivity index (χ3v) is 4.95. The van der Waals surface area contributed by atoms with Crippen molar-refractivity contribution in [3.05, 3.63) is 47.8 Å². The lowest BCUT2D eigenvalue weighted by Crippen LogP contribution is -2.40. The number of rotatable bonds is 8. The highest BCUT2D eigenvalue weighted by molar-refractivity contribution is 5.92. The van der Waals surface area contributed by atoms with E-state index in [4.69, 9.17) is 9.47 Å². The molecular formula is C21H27N5O4. The van der Waals surface area contributed by atoms with Gasteiger partial charge in [0.25, 0.3) is 5.91 Å². The monoisotopic (exact) mass is 413 g/mol. The molecule has 9 nitrogen and oxygen atoms in total. The second-order valence-corrected chi connectivity index (χ2v) is 7.02. The molecule has 0 saturated carbocycles. The average Bonchev–Trinajstić information content (AvgIpc) is 3.28. The van der Waals surface area contributed by atoms with Crippen molar-refractivity contribution < 1.29 is 19.1 Å². The maximum atomic E-state index is 12.6. The Kier molecular flexibility index (Phi) is 7.56. The number of hydrogen-bond acceptors (Lipinski definition) is 6. The molecule has 0 radical (unpaired) electrons. The summed E-state index contributed by atoms with van der Waals surface area (Å²) >= 11 is 0. The predicted molar refractivity (Wildman–Crippen MR) is 111 cm³/mol. The Bertz CT molecular complexity index is 878. The Labute approximate surface area is 175 Å². The van der Waals surface area contributed by atoms with Crippen LogP contribution in [0.2, 0.25) is 0 Å². The summed E-state index contributed by atoms with van der Waals surface area (Å²) in [7, 11) is 3.19. The molecule has 1 aliphatic heterocycles. The van der Waals surface area contributed by atoms with Crippen molar-refractivity contribution in [2.75, 3.05) is 40.5 Å². The quantitative estimate of drug-likeness (QED) is 0.521. The van der Waals surface area contributed by atoms with Gasteiger partial charge in [-0.25, -0.2) is 4.68 Å². The molecule has 1 saturated heterocycles. The molecule has 1 aromatic carbocycles. The molecule has 1 atom stereocenters. The lowest BCUT2D eigenvalue weighted by molar-refractivity contribution is -0.127. The van der Waals surface area contributed by atoms with Crippen LogP contribution in [0.25, 0.3) is 6.08 Å². The molecule has 1 fully saturated rings. The van der Waals surface area contributed by atoms with E-state index in [9.17, 15) is 9.59 Å². The van der Waals surface area contributed by atoms with E-state index in [1.54, 1.807) is 42.2 Å². The SMILES string of the molecule is COCCNC(=O)c1cn([C@H]2CCCN(C(=O)/C=C/c3ccc(OC)cc3)C2)nn1. The van der Waals surface area contributed by atoms with Gasteiger partial charge >= 0.3 is 0 Å². The molecule has 0 unspecified atom stereocenters. The highest BCUT2D eigenvalue weighted by Crippen LogP contribution is 2.21. The van der Waals surface area contributed by atoms with E-state index in [1.807, 2.05) is 24.3 Å². The minimum Gasteiger partial charge on any atom is -0.497 e. The highest BCUT2D eigenvalue weighted by atomic mass is 16.5. The van der Waals surface area contributed by atoms with Gasteiger partial charge in [-0.3, -0.25) is 9.59 Å². The number of likely N-dealkylation sites (tertiary alicyclic amines) is 1. The van der Waals surface area contributed by atoms with Crippen LogP contribution < -0.4 is 10.1 Å². The Morgan fingerprint density at radius 2 is 2.07 bits per heavy atom. The molecule has 2 amide bonds. The number of carbonyl (C=O) groups is 2. The van der Waals surface area contributed by atoms with Gasteiger partial charge in [0.05, 0.1) is 26.0 Å². The molecule has 1 aromatic heterocycles. The van der Waals surface area contributed by atoms with Gasteiger partial charge in [-0.2, -0.15) is 0 Å². The van der Waals surface area contributed by atoms with Gasteiger partial charge < -0.3 is 19.7 Å². The standard InChI is InChI=1S/C21H27N5O4/c1-29-13-11-22-21(28)19-15-26(24-23-19)17-4-3-12-25(14-17)20(27)10-7-16-5-8-18(30-2)9-6-16/h5-10,15,17H,3-4,11-14H2,1-2H3,(H,22,28)/b10-7+/t17-/m0/s1. The van der Waals surface area contributed by atoms with Crippen molar-refractivity contribution >= 4 is 17.9 Å². The van der Waals surface area contributed by atoms with E-state index < -0.39 is 0 Å².